The molecule has 0 N–H and O–H groups in total. The van der Waals surface area contributed by atoms with Gasteiger partial charge in [0.1, 0.15) is 5.75 Å². The number of hydrogen-bond donors (Lipinski definition) is 0. The SMILES string of the molecule is COc1ccc(-c2nc(C)cc(OC)n2)cc1. The Labute approximate surface area is 100 Å². The van der Waals surface area contributed by atoms with Gasteiger partial charge in [-0.25, -0.2) is 4.98 Å². The lowest BCUT2D eigenvalue weighted by molar-refractivity contribution is 0.397. The van der Waals surface area contributed by atoms with Crippen LogP contribution in [0.5, 0.6) is 11.6 Å². The summed E-state index contributed by atoms with van der Waals surface area (Å²) in [5, 5.41) is 0. The molecule has 0 aliphatic carbocycles. The highest BCUT2D eigenvalue weighted by Gasteiger charge is 2.05. The quantitative estimate of drug-likeness (QED) is 0.812. The van der Waals surface area contributed by atoms with Gasteiger partial charge < -0.3 is 9.47 Å². The first-order chi connectivity index (χ1) is 8.22. The fraction of sp³-hybridized carbons (Fsp3) is 0.231. The lowest BCUT2D eigenvalue weighted by atomic mass is 10.2. The average molecular weight is 230 g/mol. The van der Waals surface area contributed by atoms with Crippen LogP contribution in [0.25, 0.3) is 11.4 Å². The lowest BCUT2D eigenvalue weighted by Gasteiger charge is -2.05. The van der Waals surface area contributed by atoms with Gasteiger partial charge in [-0.2, -0.15) is 4.98 Å². The largest absolute Gasteiger partial charge is 0.497 e. The van der Waals surface area contributed by atoms with Crippen molar-refractivity contribution in [2.24, 2.45) is 0 Å². The third-order valence-electron chi connectivity index (χ3n) is 2.39. The minimum Gasteiger partial charge on any atom is -0.497 e. The maximum absolute atomic E-state index is 5.13. The first kappa shape index (κ1) is 11.4. The Morgan fingerprint density at radius 3 is 2.24 bits per heavy atom. The van der Waals surface area contributed by atoms with Gasteiger partial charge in [-0.05, 0) is 31.2 Å². The van der Waals surface area contributed by atoms with Crippen molar-refractivity contribution in [3.05, 3.63) is 36.0 Å². The number of benzene rings is 1. The highest BCUT2D eigenvalue weighted by Crippen LogP contribution is 2.21. The van der Waals surface area contributed by atoms with Crippen LogP contribution in [0.15, 0.2) is 30.3 Å². The predicted octanol–water partition coefficient (Wildman–Crippen LogP) is 2.47. The molecule has 17 heavy (non-hydrogen) atoms. The molecule has 1 heterocycles. The summed E-state index contributed by atoms with van der Waals surface area (Å²) in [4.78, 5) is 8.68. The van der Waals surface area contributed by atoms with Crippen molar-refractivity contribution >= 4 is 0 Å². The molecule has 2 aromatic rings. The zero-order chi connectivity index (χ0) is 12.3. The molecule has 0 unspecified atom stereocenters. The third-order valence-corrected chi connectivity index (χ3v) is 2.39. The Kier molecular flexibility index (Phi) is 3.23. The van der Waals surface area contributed by atoms with Crippen molar-refractivity contribution in [3.8, 4) is 23.0 Å². The number of methoxy groups -OCH3 is 2. The molecule has 88 valence electrons. The molecule has 0 aliphatic rings. The molecule has 4 nitrogen and oxygen atoms in total. The smallest absolute Gasteiger partial charge is 0.216 e. The fourth-order valence-electron chi connectivity index (χ4n) is 1.51. The second-order valence-corrected chi connectivity index (χ2v) is 3.60. The fourth-order valence-corrected chi connectivity index (χ4v) is 1.51. The van der Waals surface area contributed by atoms with Gasteiger partial charge >= 0.3 is 0 Å². The summed E-state index contributed by atoms with van der Waals surface area (Å²) < 4.78 is 10.2. The first-order valence-corrected chi connectivity index (χ1v) is 5.27. The molecule has 1 aromatic carbocycles. The second-order valence-electron chi connectivity index (χ2n) is 3.60. The predicted molar refractivity (Wildman–Crippen MR) is 65.3 cm³/mol. The maximum Gasteiger partial charge on any atom is 0.216 e. The highest BCUT2D eigenvalue weighted by molar-refractivity contribution is 5.56. The molecule has 2 rings (SSSR count). The molecule has 0 amide bonds. The summed E-state index contributed by atoms with van der Waals surface area (Å²) in [5.41, 5.74) is 1.82. The summed E-state index contributed by atoms with van der Waals surface area (Å²) in [7, 11) is 3.24. The van der Waals surface area contributed by atoms with Crippen LogP contribution in [0.4, 0.5) is 0 Å². The Bertz CT molecular complexity index is 509. The van der Waals surface area contributed by atoms with Gasteiger partial charge in [0.25, 0.3) is 0 Å². The van der Waals surface area contributed by atoms with E-state index >= 15 is 0 Å². The van der Waals surface area contributed by atoms with Crippen LogP contribution in [-0.2, 0) is 0 Å². The van der Waals surface area contributed by atoms with Crippen LogP contribution < -0.4 is 9.47 Å². The van der Waals surface area contributed by atoms with E-state index in [4.69, 9.17) is 9.47 Å². The zero-order valence-electron chi connectivity index (χ0n) is 10.1. The number of aryl methyl sites for hydroxylation is 1. The second kappa shape index (κ2) is 4.82. The minimum absolute atomic E-state index is 0.573. The Morgan fingerprint density at radius 1 is 0.941 bits per heavy atom. The maximum atomic E-state index is 5.13. The summed E-state index contributed by atoms with van der Waals surface area (Å²) in [6.07, 6.45) is 0. The van der Waals surface area contributed by atoms with Crippen LogP contribution in [0.2, 0.25) is 0 Å². The lowest BCUT2D eigenvalue weighted by Crippen LogP contribution is -1.95. The van der Waals surface area contributed by atoms with Gasteiger partial charge in [0.05, 0.1) is 14.2 Å². The van der Waals surface area contributed by atoms with Gasteiger partial charge in [0.2, 0.25) is 5.88 Å². The van der Waals surface area contributed by atoms with E-state index in [-0.39, 0.29) is 0 Å². The average Bonchev–Trinajstić information content (AvgIpc) is 2.38. The normalized spacial score (nSPS) is 10.1. The van der Waals surface area contributed by atoms with Gasteiger partial charge in [-0.15, -0.1) is 0 Å². The number of ether oxygens (including phenoxy) is 2. The molecule has 1 aromatic heterocycles. The van der Waals surface area contributed by atoms with E-state index < -0.39 is 0 Å². The van der Waals surface area contributed by atoms with Crippen molar-refractivity contribution in [2.75, 3.05) is 14.2 Å². The van der Waals surface area contributed by atoms with Crippen LogP contribution >= 0.6 is 0 Å². The molecule has 0 saturated heterocycles. The molecule has 0 spiro atoms. The topological polar surface area (TPSA) is 44.2 Å². The number of rotatable bonds is 3. The van der Waals surface area contributed by atoms with E-state index in [2.05, 4.69) is 9.97 Å². The molecule has 0 atom stereocenters. The van der Waals surface area contributed by atoms with Crippen LogP contribution in [0.3, 0.4) is 0 Å². The Morgan fingerprint density at radius 2 is 1.65 bits per heavy atom. The van der Waals surface area contributed by atoms with Gasteiger partial charge in [0.15, 0.2) is 5.82 Å². The summed E-state index contributed by atoms with van der Waals surface area (Å²) in [6, 6.07) is 9.41. The van der Waals surface area contributed by atoms with Gasteiger partial charge in [-0.1, -0.05) is 0 Å². The van der Waals surface area contributed by atoms with Crippen molar-refractivity contribution < 1.29 is 9.47 Å². The molecule has 0 radical (unpaired) electrons. The van der Waals surface area contributed by atoms with Crippen LogP contribution in [0, 0.1) is 6.92 Å². The molecule has 4 heteroatoms. The molecule has 0 bridgehead atoms. The number of aromatic nitrogens is 2. The van der Waals surface area contributed by atoms with Gasteiger partial charge in [0, 0.05) is 17.3 Å². The monoisotopic (exact) mass is 230 g/mol. The molecular weight excluding hydrogens is 216 g/mol. The standard InChI is InChI=1S/C13H14N2O2/c1-9-8-12(17-3)15-13(14-9)10-4-6-11(16-2)7-5-10/h4-8H,1-3H3. The van der Waals surface area contributed by atoms with Crippen LogP contribution in [-0.4, -0.2) is 24.2 Å². The van der Waals surface area contributed by atoms with E-state index in [1.54, 1.807) is 20.3 Å². The summed E-state index contributed by atoms with van der Waals surface area (Å²) in [6.45, 7) is 1.91. The van der Waals surface area contributed by atoms with E-state index in [0.717, 1.165) is 17.0 Å². The molecule has 0 aliphatic heterocycles. The zero-order valence-corrected chi connectivity index (χ0v) is 10.1. The number of hydrogen-bond acceptors (Lipinski definition) is 4. The van der Waals surface area contributed by atoms with Crippen molar-refractivity contribution in [2.45, 2.75) is 6.92 Å². The van der Waals surface area contributed by atoms with Crippen molar-refractivity contribution in [3.63, 3.8) is 0 Å². The summed E-state index contributed by atoms with van der Waals surface area (Å²) >= 11 is 0. The van der Waals surface area contributed by atoms with Gasteiger partial charge in [-0.3, -0.25) is 0 Å². The minimum atomic E-state index is 0.573. The number of nitrogens with zero attached hydrogens (tertiary/aromatic N) is 2. The van der Waals surface area contributed by atoms with Crippen molar-refractivity contribution in [1.29, 1.82) is 0 Å². The Balaban J connectivity index is 2.41. The molecule has 0 fully saturated rings. The third kappa shape index (κ3) is 2.53. The van der Waals surface area contributed by atoms with E-state index in [1.165, 1.54) is 0 Å². The first-order valence-electron chi connectivity index (χ1n) is 5.27. The molecular formula is C13H14N2O2. The Hall–Kier alpha value is -2.10. The summed E-state index contributed by atoms with van der Waals surface area (Å²) in [5.74, 6) is 2.04. The highest BCUT2D eigenvalue weighted by atomic mass is 16.5. The van der Waals surface area contributed by atoms with E-state index in [1.807, 2.05) is 31.2 Å². The molecule has 0 saturated carbocycles. The van der Waals surface area contributed by atoms with E-state index in [9.17, 15) is 0 Å². The van der Waals surface area contributed by atoms with Crippen LogP contribution in [0.1, 0.15) is 5.69 Å². The van der Waals surface area contributed by atoms with Crippen molar-refractivity contribution in [1.82, 2.24) is 9.97 Å². The van der Waals surface area contributed by atoms with E-state index in [0.29, 0.717) is 11.7 Å².